The molecule has 0 aliphatic rings. The highest BCUT2D eigenvalue weighted by atomic mass is 16.5. The van der Waals surface area contributed by atoms with Crippen LogP contribution in [0.2, 0.25) is 0 Å². The summed E-state index contributed by atoms with van der Waals surface area (Å²) in [5.74, 6) is -0.405. The Morgan fingerprint density at radius 2 is 2.25 bits per heavy atom. The fraction of sp³-hybridized carbons (Fsp3) is 0.154. The molecule has 1 atom stereocenters. The fourth-order valence-corrected chi connectivity index (χ4v) is 1.72. The Hall–Kier alpha value is -2.03. The molecule has 0 saturated carbocycles. The number of fused-ring (bicyclic) bond motifs is 1. The predicted octanol–water partition coefficient (Wildman–Crippen LogP) is 2.96. The summed E-state index contributed by atoms with van der Waals surface area (Å²) in [7, 11) is 0. The van der Waals surface area contributed by atoms with Crippen molar-refractivity contribution in [2.75, 3.05) is 0 Å². The summed E-state index contributed by atoms with van der Waals surface area (Å²) < 4.78 is 5.18. The van der Waals surface area contributed by atoms with E-state index in [9.17, 15) is 4.79 Å². The maximum atomic E-state index is 11.1. The second kappa shape index (κ2) is 4.23. The lowest BCUT2D eigenvalue weighted by Crippen LogP contribution is -2.05. The molecule has 0 spiro atoms. The summed E-state index contributed by atoms with van der Waals surface area (Å²) in [6.07, 6.45) is 2.76. The number of aromatic amines is 1. The average Bonchev–Trinajstić information content (AvgIpc) is 2.72. The molecule has 1 aromatic heterocycles. The van der Waals surface area contributed by atoms with Gasteiger partial charge in [-0.1, -0.05) is 24.8 Å². The first-order chi connectivity index (χ1) is 7.72. The molecule has 2 rings (SSSR count). The molecule has 0 radical (unpaired) electrons. The highest BCUT2D eigenvalue weighted by molar-refractivity contribution is 5.85. The van der Waals surface area contributed by atoms with Crippen molar-refractivity contribution < 1.29 is 9.53 Å². The van der Waals surface area contributed by atoms with Crippen LogP contribution in [0.4, 0.5) is 0 Å². The van der Waals surface area contributed by atoms with Gasteiger partial charge in [-0.15, -0.1) is 0 Å². The number of ether oxygens (including phenoxy) is 1. The van der Waals surface area contributed by atoms with Gasteiger partial charge in [-0.2, -0.15) is 0 Å². The molecule has 3 nitrogen and oxygen atoms in total. The predicted molar refractivity (Wildman–Crippen MR) is 63.0 cm³/mol. The largest absolute Gasteiger partial charge is 0.455 e. The van der Waals surface area contributed by atoms with Crippen molar-refractivity contribution in [2.24, 2.45) is 0 Å². The summed E-state index contributed by atoms with van der Waals surface area (Å²) in [6.45, 7) is 5.22. The van der Waals surface area contributed by atoms with Crippen LogP contribution in [0.15, 0.2) is 43.1 Å². The Morgan fingerprint density at radius 3 is 3.00 bits per heavy atom. The second-order valence-corrected chi connectivity index (χ2v) is 3.57. The van der Waals surface area contributed by atoms with Crippen LogP contribution in [-0.4, -0.2) is 11.0 Å². The van der Waals surface area contributed by atoms with Gasteiger partial charge in [0.1, 0.15) is 6.10 Å². The minimum absolute atomic E-state index is 0.276. The van der Waals surface area contributed by atoms with E-state index in [1.54, 1.807) is 0 Å². The lowest BCUT2D eigenvalue weighted by molar-refractivity contribution is -0.142. The van der Waals surface area contributed by atoms with Crippen LogP contribution >= 0.6 is 0 Å². The van der Waals surface area contributed by atoms with Gasteiger partial charge in [0, 0.05) is 28.7 Å². The third kappa shape index (κ3) is 1.84. The first-order valence-electron chi connectivity index (χ1n) is 5.11. The Morgan fingerprint density at radius 1 is 1.50 bits per heavy atom. The number of esters is 1. The summed E-state index contributed by atoms with van der Waals surface area (Å²) in [4.78, 5) is 14.2. The molecule has 1 N–H and O–H groups in total. The lowest BCUT2D eigenvalue weighted by atomic mass is 10.1. The number of nitrogens with one attached hydrogen (secondary N) is 1. The molecule has 1 aromatic carbocycles. The van der Waals surface area contributed by atoms with Crippen LogP contribution in [0.1, 0.15) is 18.6 Å². The van der Waals surface area contributed by atoms with Crippen molar-refractivity contribution in [3.05, 3.63) is 48.7 Å². The molecule has 0 bridgehead atoms. The summed E-state index contributed by atoms with van der Waals surface area (Å²) in [6, 6.07) is 7.91. The van der Waals surface area contributed by atoms with Crippen LogP contribution in [0.5, 0.6) is 0 Å². The first-order valence-corrected chi connectivity index (χ1v) is 5.11. The van der Waals surface area contributed by atoms with Gasteiger partial charge in [-0.05, 0) is 13.0 Å². The summed E-state index contributed by atoms with van der Waals surface area (Å²) in [5, 5.41) is 1.08. The van der Waals surface area contributed by atoms with E-state index in [0.29, 0.717) is 0 Å². The zero-order valence-electron chi connectivity index (χ0n) is 9.07. The maximum absolute atomic E-state index is 11.1. The normalized spacial score (nSPS) is 12.3. The minimum atomic E-state index is -0.405. The smallest absolute Gasteiger partial charge is 0.330 e. The monoisotopic (exact) mass is 215 g/mol. The van der Waals surface area contributed by atoms with Gasteiger partial charge in [-0.3, -0.25) is 0 Å². The molecule has 2 aromatic rings. The molecular weight excluding hydrogens is 202 g/mol. The molecule has 3 heteroatoms. The third-order valence-electron chi connectivity index (χ3n) is 2.52. The topological polar surface area (TPSA) is 42.1 Å². The van der Waals surface area contributed by atoms with E-state index in [-0.39, 0.29) is 6.10 Å². The molecule has 82 valence electrons. The van der Waals surface area contributed by atoms with Gasteiger partial charge in [0.2, 0.25) is 0 Å². The Balaban J connectivity index is 2.32. The SMILES string of the molecule is C=CC(=O)OC(C)c1c[nH]c2ccccc12. The number of benzene rings is 1. The molecule has 16 heavy (non-hydrogen) atoms. The van der Waals surface area contributed by atoms with Gasteiger partial charge in [0.25, 0.3) is 0 Å². The third-order valence-corrected chi connectivity index (χ3v) is 2.52. The average molecular weight is 215 g/mol. The first kappa shape index (κ1) is 10.5. The number of hydrogen-bond acceptors (Lipinski definition) is 2. The van der Waals surface area contributed by atoms with E-state index in [0.717, 1.165) is 16.5 Å². The van der Waals surface area contributed by atoms with Gasteiger partial charge in [0.15, 0.2) is 0 Å². The highest BCUT2D eigenvalue weighted by Gasteiger charge is 2.13. The minimum Gasteiger partial charge on any atom is -0.455 e. The highest BCUT2D eigenvalue weighted by Crippen LogP contribution is 2.26. The number of aromatic nitrogens is 1. The van der Waals surface area contributed by atoms with E-state index in [1.165, 1.54) is 6.08 Å². The molecule has 0 saturated heterocycles. The van der Waals surface area contributed by atoms with Crippen molar-refractivity contribution in [1.29, 1.82) is 0 Å². The van der Waals surface area contributed by atoms with Gasteiger partial charge < -0.3 is 9.72 Å². The van der Waals surface area contributed by atoms with Crippen LogP contribution in [0.3, 0.4) is 0 Å². The Labute approximate surface area is 93.7 Å². The van der Waals surface area contributed by atoms with Crippen molar-refractivity contribution in [1.82, 2.24) is 4.98 Å². The molecule has 1 heterocycles. The number of rotatable bonds is 3. The standard InChI is InChI=1S/C13H13NO2/c1-3-13(15)16-9(2)11-8-14-12-7-5-4-6-10(11)12/h3-9,14H,1H2,2H3. The number of carbonyl (C=O) groups excluding carboxylic acids is 1. The van der Waals surface area contributed by atoms with Gasteiger partial charge >= 0.3 is 5.97 Å². The molecule has 0 fully saturated rings. The lowest BCUT2D eigenvalue weighted by Gasteiger charge is -2.10. The van der Waals surface area contributed by atoms with E-state index >= 15 is 0 Å². The number of para-hydroxylation sites is 1. The zero-order valence-corrected chi connectivity index (χ0v) is 9.07. The summed E-state index contributed by atoms with van der Waals surface area (Å²) in [5.41, 5.74) is 2.02. The number of hydrogen-bond donors (Lipinski definition) is 1. The van der Waals surface area contributed by atoms with E-state index in [2.05, 4.69) is 11.6 Å². The van der Waals surface area contributed by atoms with Crippen LogP contribution in [-0.2, 0) is 9.53 Å². The van der Waals surface area contributed by atoms with Crippen molar-refractivity contribution in [3.8, 4) is 0 Å². The van der Waals surface area contributed by atoms with Gasteiger partial charge in [0.05, 0.1) is 0 Å². The van der Waals surface area contributed by atoms with Crippen LogP contribution < -0.4 is 0 Å². The van der Waals surface area contributed by atoms with Gasteiger partial charge in [-0.25, -0.2) is 4.79 Å². The quantitative estimate of drug-likeness (QED) is 0.631. The van der Waals surface area contributed by atoms with Crippen molar-refractivity contribution >= 4 is 16.9 Å². The Kier molecular flexibility index (Phi) is 2.77. The van der Waals surface area contributed by atoms with Crippen LogP contribution in [0, 0.1) is 0 Å². The molecule has 0 aliphatic heterocycles. The molecular formula is C13H13NO2. The van der Waals surface area contributed by atoms with Crippen LogP contribution in [0.25, 0.3) is 10.9 Å². The van der Waals surface area contributed by atoms with Crippen molar-refractivity contribution in [3.63, 3.8) is 0 Å². The molecule has 0 aliphatic carbocycles. The molecule has 1 unspecified atom stereocenters. The second-order valence-electron chi connectivity index (χ2n) is 3.57. The van der Waals surface area contributed by atoms with Crippen molar-refractivity contribution in [2.45, 2.75) is 13.0 Å². The number of H-pyrrole nitrogens is 1. The Bertz CT molecular complexity index is 527. The fourth-order valence-electron chi connectivity index (χ4n) is 1.72. The number of carbonyl (C=O) groups is 1. The van der Waals surface area contributed by atoms with E-state index in [4.69, 9.17) is 4.74 Å². The van der Waals surface area contributed by atoms with E-state index < -0.39 is 5.97 Å². The summed E-state index contributed by atoms with van der Waals surface area (Å²) >= 11 is 0. The maximum Gasteiger partial charge on any atom is 0.330 e. The zero-order chi connectivity index (χ0) is 11.5. The molecule has 0 amide bonds. The van der Waals surface area contributed by atoms with E-state index in [1.807, 2.05) is 37.4 Å².